The van der Waals surface area contributed by atoms with Crippen molar-refractivity contribution in [2.45, 2.75) is 13.1 Å². The maximum Gasteiger partial charge on any atom is 0.233 e. The Labute approximate surface area is 135 Å². The van der Waals surface area contributed by atoms with Crippen LogP contribution < -0.4 is 15.2 Å². The third-order valence-electron chi connectivity index (χ3n) is 3.49. The number of ether oxygens (including phenoxy) is 2. The second-order valence-corrected chi connectivity index (χ2v) is 5.01. The molecule has 0 radical (unpaired) electrons. The molecule has 3 N–H and O–H groups in total. The van der Waals surface area contributed by atoms with Crippen LogP contribution in [0, 0.1) is 0 Å². The lowest BCUT2D eigenvalue weighted by Crippen LogP contribution is -2.36. The van der Waals surface area contributed by atoms with E-state index in [1.54, 1.807) is 19.1 Å². The van der Waals surface area contributed by atoms with Gasteiger partial charge in [-0.15, -0.1) is 0 Å². The molecular weight excluding hydrogens is 294 g/mol. The lowest BCUT2D eigenvalue weighted by atomic mass is 10.1. The molecule has 6 heteroatoms. The Morgan fingerprint density at radius 3 is 1.61 bits per heavy atom. The van der Waals surface area contributed by atoms with Crippen LogP contribution in [0.5, 0.6) is 11.5 Å². The number of guanidine groups is 1. The highest BCUT2D eigenvalue weighted by molar-refractivity contribution is 5.77. The maximum absolute atomic E-state index is 9.01. The number of benzene rings is 2. The molecule has 0 amide bonds. The molecule has 0 saturated heterocycles. The molecular formula is C17H21N3O3. The fraction of sp³-hybridized carbons (Fsp3) is 0.235. The lowest BCUT2D eigenvalue weighted by Gasteiger charge is -2.23. The summed E-state index contributed by atoms with van der Waals surface area (Å²) in [7, 11) is 3.25. The predicted molar refractivity (Wildman–Crippen MR) is 88.6 cm³/mol. The van der Waals surface area contributed by atoms with E-state index in [2.05, 4.69) is 5.16 Å². The van der Waals surface area contributed by atoms with E-state index in [9.17, 15) is 0 Å². The molecule has 0 saturated carbocycles. The van der Waals surface area contributed by atoms with Gasteiger partial charge in [0.25, 0.3) is 0 Å². The molecule has 122 valence electrons. The highest BCUT2D eigenvalue weighted by Gasteiger charge is 2.11. The Morgan fingerprint density at radius 1 is 0.913 bits per heavy atom. The highest BCUT2D eigenvalue weighted by Crippen LogP contribution is 2.16. The molecule has 0 unspecified atom stereocenters. The summed E-state index contributed by atoms with van der Waals surface area (Å²) >= 11 is 0. The van der Waals surface area contributed by atoms with E-state index in [0.717, 1.165) is 22.6 Å². The zero-order valence-electron chi connectivity index (χ0n) is 13.3. The van der Waals surface area contributed by atoms with Crippen LogP contribution in [-0.4, -0.2) is 30.3 Å². The summed E-state index contributed by atoms with van der Waals surface area (Å²) in [6, 6.07) is 15.3. The molecule has 23 heavy (non-hydrogen) atoms. The minimum absolute atomic E-state index is 0.0663. The van der Waals surface area contributed by atoms with Gasteiger partial charge in [-0.05, 0) is 35.4 Å². The number of rotatable bonds is 6. The zero-order valence-corrected chi connectivity index (χ0v) is 13.3. The Hall–Kier alpha value is -2.89. The van der Waals surface area contributed by atoms with Crippen LogP contribution in [0.15, 0.2) is 53.7 Å². The molecule has 0 aromatic heterocycles. The average molecular weight is 315 g/mol. The Morgan fingerprint density at radius 2 is 1.30 bits per heavy atom. The maximum atomic E-state index is 9.01. The molecule has 0 atom stereocenters. The van der Waals surface area contributed by atoms with Gasteiger partial charge in [0.1, 0.15) is 11.5 Å². The molecule has 0 spiro atoms. The molecule has 0 aliphatic heterocycles. The lowest BCUT2D eigenvalue weighted by molar-refractivity contribution is 0.293. The molecule has 0 aliphatic carbocycles. The molecule has 0 heterocycles. The normalized spacial score (nSPS) is 11.1. The topological polar surface area (TPSA) is 80.3 Å². The van der Waals surface area contributed by atoms with Crippen molar-refractivity contribution in [1.29, 1.82) is 0 Å². The number of methoxy groups -OCH3 is 2. The van der Waals surface area contributed by atoms with Crippen molar-refractivity contribution in [2.75, 3.05) is 14.2 Å². The second kappa shape index (κ2) is 7.93. The van der Waals surface area contributed by atoms with E-state index in [4.69, 9.17) is 20.4 Å². The van der Waals surface area contributed by atoms with Crippen LogP contribution in [0.4, 0.5) is 0 Å². The first-order valence-corrected chi connectivity index (χ1v) is 7.14. The smallest absolute Gasteiger partial charge is 0.233 e. The zero-order chi connectivity index (χ0) is 16.7. The Balaban J connectivity index is 2.12. The van der Waals surface area contributed by atoms with Crippen LogP contribution in [0.3, 0.4) is 0 Å². The molecule has 2 rings (SSSR count). The van der Waals surface area contributed by atoms with Crippen molar-refractivity contribution >= 4 is 5.96 Å². The number of nitrogens with two attached hydrogens (primary N) is 1. The number of nitrogens with zero attached hydrogens (tertiary/aromatic N) is 2. The van der Waals surface area contributed by atoms with Gasteiger partial charge in [-0.2, -0.15) is 0 Å². The highest BCUT2D eigenvalue weighted by atomic mass is 16.5. The average Bonchev–Trinajstić information content (AvgIpc) is 2.61. The summed E-state index contributed by atoms with van der Waals surface area (Å²) in [5, 5.41) is 12.1. The largest absolute Gasteiger partial charge is 0.497 e. The van der Waals surface area contributed by atoms with Crippen molar-refractivity contribution in [1.82, 2.24) is 4.90 Å². The van der Waals surface area contributed by atoms with Crippen LogP contribution in [-0.2, 0) is 13.1 Å². The van der Waals surface area contributed by atoms with Crippen LogP contribution >= 0.6 is 0 Å². The first-order chi connectivity index (χ1) is 11.2. The van der Waals surface area contributed by atoms with Gasteiger partial charge in [0.15, 0.2) is 0 Å². The first-order valence-electron chi connectivity index (χ1n) is 7.14. The van der Waals surface area contributed by atoms with Crippen LogP contribution in [0.2, 0.25) is 0 Å². The van der Waals surface area contributed by atoms with Crippen molar-refractivity contribution in [2.24, 2.45) is 10.9 Å². The van der Waals surface area contributed by atoms with Crippen molar-refractivity contribution in [3.05, 3.63) is 59.7 Å². The molecule has 0 aliphatic rings. The molecule has 0 bridgehead atoms. The van der Waals surface area contributed by atoms with Crippen molar-refractivity contribution in [3.8, 4) is 11.5 Å². The van der Waals surface area contributed by atoms with E-state index in [0.29, 0.717) is 13.1 Å². The fourth-order valence-electron chi connectivity index (χ4n) is 2.18. The monoisotopic (exact) mass is 315 g/mol. The van der Waals surface area contributed by atoms with E-state index in [1.807, 2.05) is 48.5 Å². The minimum atomic E-state index is 0.0663. The standard InChI is InChI=1S/C17H21N3O3/c1-22-15-7-3-13(4-8-15)11-20(17(18)19-21)12-14-5-9-16(23-2)10-6-14/h3-10,21H,11-12H2,1-2H3,(H2,18,19). The molecule has 2 aromatic carbocycles. The van der Waals surface area contributed by atoms with Gasteiger partial charge < -0.3 is 25.3 Å². The number of hydrogen-bond acceptors (Lipinski definition) is 4. The molecule has 6 nitrogen and oxygen atoms in total. The Kier molecular flexibility index (Phi) is 5.68. The fourth-order valence-corrected chi connectivity index (χ4v) is 2.18. The SMILES string of the molecule is COc1ccc(CN(Cc2ccc(OC)cc2)C(N)=NO)cc1. The number of hydrogen-bond donors (Lipinski definition) is 2. The van der Waals surface area contributed by atoms with Gasteiger partial charge in [-0.1, -0.05) is 29.4 Å². The summed E-state index contributed by atoms with van der Waals surface area (Å²) in [5.74, 6) is 1.65. The predicted octanol–water partition coefficient (Wildman–Crippen LogP) is 2.41. The van der Waals surface area contributed by atoms with Crippen LogP contribution in [0.1, 0.15) is 11.1 Å². The molecule has 2 aromatic rings. The van der Waals surface area contributed by atoms with Crippen LogP contribution in [0.25, 0.3) is 0 Å². The summed E-state index contributed by atoms with van der Waals surface area (Å²) in [4.78, 5) is 1.78. The van der Waals surface area contributed by atoms with E-state index >= 15 is 0 Å². The van der Waals surface area contributed by atoms with Gasteiger partial charge >= 0.3 is 0 Å². The van der Waals surface area contributed by atoms with Gasteiger partial charge in [-0.25, -0.2) is 0 Å². The van der Waals surface area contributed by atoms with E-state index in [-0.39, 0.29) is 5.96 Å². The summed E-state index contributed by atoms with van der Waals surface area (Å²) in [6.45, 7) is 1.04. The van der Waals surface area contributed by atoms with Gasteiger partial charge in [-0.3, -0.25) is 0 Å². The van der Waals surface area contributed by atoms with E-state index in [1.165, 1.54) is 0 Å². The third-order valence-corrected chi connectivity index (χ3v) is 3.49. The van der Waals surface area contributed by atoms with E-state index < -0.39 is 0 Å². The van der Waals surface area contributed by atoms with Gasteiger partial charge in [0, 0.05) is 13.1 Å². The van der Waals surface area contributed by atoms with Crippen molar-refractivity contribution in [3.63, 3.8) is 0 Å². The van der Waals surface area contributed by atoms with Gasteiger partial charge in [0.2, 0.25) is 5.96 Å². The quantitative estimate of drug-likeness (QED) is 0.370. The number of oxime groups is 1. The first kappa shape index (κ1) is 16.5. The Bertz CT molecular complexity index is 590. The summed E-state index contributed by atoms with van der Waals surface area (Å²) in [6.07, 6.45) is 0. The molecule has 0 fully saturated rings. The van der Waals surface area contributed by atoms with Gasteiger partial charge in [0.05, 0.1) is 14.2 Å². The third kappa shape index (κ3) is 4.54. The summed E-state index contributed by atoms with van der Waals surface area (Å²) < 4.78 is 10.3. The summed E-state index contributed by atoms with van der Waals surface area (Å²) in [5.41, 5.74) is 7.87. The van der Waals surface area contributed by atoms with Crippen molar-refractivity contribution < 1.29 is 14.7 Å². The second-order valence-electron chi connectivity index (χ2n) is 5.01. The minimum Gasteiger partial charge on any atom is -0.497 e.